The Labute approximate surface area is 117 Å². The molecule has 0 aromatic carbocycles. The third-order valence-electron chi connectivity index (χ3n) is 2.85. The molecule has 1 amide bonds. The minimum absolute atomic E-state index is 0. The Morgan fingerprint density at radius 1 is 1.56 bits per heavy atom. The molecule has 1 saturated heterocycles. The summed E-state index contributed by atoms with van der Waals surface area (Å²) in [4.78, 5) is 16.9. The van der Waals surface area contributed by atoms with Crippen LogP contribution in [0.1, 0.15) is 23.6 Å². The summed E-state index contributed by atoms with van der Waals surface area (Å²) in [6, 6.07) is 0. The van der Waals surface area contributed by atoms with E-state index in [1.807, 2.05) is 6.20 Å². The van der Waals surface area contributed by atoms with E-state index in [0.29, 0.717) is 17.6 Å². The Morgan fingerprint density at radius 2 is 2.28 bits per heavy atom. The van der Waals surface area contributed by atoms with Crippen LogP contribution in [0.4, 0.5) is 5.13 Å². The molecule has 2 rings (SSSR count). The monoisotopic (exact) mass is 290 g/mol. The van der Waals surface area contributed by atoms with Gasteiger partial charge in [0.15, 0.2) is 5.13 Å². The molecule has 102 valence electrons. The number of aromatic nitrogens is 1. The highest BCUT2D eigenvalue weighted by atomic mass is 35.5. The third kappa shape index (κ3) is 4.20. The standard InChI is InChI=1S/C11H18N4OS.ClH/c1-12-7-10(16)15-11-14-6-9(17-11)8-2-4-13-5-3-8;/h6,8,12-13H,2-5,7H2,1H3,(H,14,15,16);1H. The van der Waals surface area contributed by atoms with E-state index in [9.17, 15) is 4.79 Å². The number of nitrogens with one attached hydrogen (secondary N) is 3. The number of rotatable bonds is 4. The molecular weight excluding hydrogens is 272 g/mol. The Bertz CT molecular complexity index is 379. The molecule has 0 atom stereocenters. The molecule has 1 aliphatic heterocycles. The first-order valence-corrected chi connectivity index (χ1v) is 6.72. The fourth-order valence-electron chi connectivity index (χ4n) is 1.96. The Balaban J connectivity index is 0.00000162. The number of carbonyl (C=O) groups is 1. The molecule has 1 aromatic heterocycles. The number of hydrogen-bond donors (Lipinski definition) is 3. The van der Waals surface area contributed by atoms with Crippen molar-refractivity contribution in [2.45, 2.75) is 18.8 Å². The van der Waals surface area contributed by atoms with Crippen LogP contribution in [0.3, 0.4) is 0 Å². The van der Waals surface area contributed by atoms with Crippen molar-refractivity contribution >= 4 is 34.8 Å². The summed E-state index contributed by atoms with van der Waals surface area (Å²) >= 11 is 1.59. The van der Waals surface area contributed by atoms with E-state index in [2.05, 4.69) is 20.9 Å². The first kappa shape index (κ1) is 15.4. The van der Waals surface area contributed by atoms with Crippen molar-refractivity contribution in [3.05, 3.63) is 11.1 Å². The molecule has 0 unspecified atom stereocenters. The van der Waals surface area contributed by atoms with E-state index < -0.39 is 0 Å². The first-order chi connectivity index (χ1) is 8.29. The molecule has 3 N–H and O–H groups in total. The highest BCUT2D eigenvalue weighted by Gasteiger charge is 2.18. The fourth-order valence-corrected chi connectivity index (χ4v) is 2.96. The molecule has 0 radical (unpaired) electrons. The number of piperidine rings is 1. The van der Waals surface area contributed by atoms with Gasteiger partial charge >= 0.3 is 0 Å². The second kappa shape index (κ2) is 7.68. The average Bonchev–Trinajstić information content (AvgIpc) is 2.79. The number of halogens is 1. The predicted molar refractivity (Wildman–Crippen MR) is 76.8 cm³/mol. The van der Waals surface area contributed by atoms with E-state index >= 15 is 0 Å². The van der Waals surface area contributed by atoms with E-state index in [-0.39, 0.29) is 18.3 Å². The van der Waals surface area contributed by atoms with Crippen molar-refractivity contribution in [2.24, 2.45) is 0 Å². The fraction of sp³-hybridized carbons (Fsp3) is 0.636. The van der Waals surface area contributed by atoms with Gasteiger partial charge < -0.3 is 16.0 Å². The van der Waals surface area contributed by atoms with Crippen molar-refractivity contribution < 1.29 is 4.79 Å². The van der Waals surface area contributed by atoms with Crippen LogP contribution in [0.5, 0.6) is 0 Å². The minimum Gasteiger partial charge on any atom is -0.317 e. The lowest BCUT2D eigenvalue weighted by atomic mass is 9.97. The summed E-state index contributed by atoms with van der Waals surface area (Å²) in [5.74, 6) is 0.558. The molecule has 0 saturated carbocycles. The number of anilines is 1. The van der Waals surface area contributed by atoms with Gasteiger partial charge in [-0.2, -0.15) is 0 Å². The molecule has 0 bridgehead atoms. The van der Waals surface area contributed by atoms with Crippen LogP contribution in [0.2, 0.25) is 0 Å². The van der Waals surface area contributed by atoms with Gasteiger partial charge in [0.05, 0.1) is 6.54 Å². The lowest BCUT2D eigenvalue weighted by molar-refractivity contribution is -0.115. The van der Waals surface area contributed by atoms with E-state index in [1.165, 1.54) is 4.88 Å². The smallest absolute Gasteiger partial charge is 0.240 e. The average molecular weight is 291 g/mol. The summed E-state index contributed by atoms with van der Waals surface area (Å²) in [6.45, 7) is 2.47. The zero-order valence-corrected chi connectivity index (χ0v) is 12.0. The zero-order chi connectivity index (χ0) is 12.1. The largest absolute Gasteiger partial charge is 0.317 e. The number of nitrogens with zero attached hydrogens (tertiary/aromatic N) is 1. The summed E-state index contributed by atoms with van der Waals surface area (Å²) < 4.78 is 0. The van der Waals surface area contributed by atoms with Crippen molar-refractivity contribution in [2.75, 3.05) is 32.0 Å². The van der Waals surface area contributed by atoms with Crippen molar-refractivity contribution in [3.63, 3.8) is 0 Å². The molecule has 0 aliphatic carbocycles. The predicted octanol–water partition coefficient (Wildman–Crippen LogP) is 1.19. The van der Waals surface area contributed by atoms with Gasteiger partial charge in [-0.05, 0) is 38.9 Å². The first-order valence-electron chi connectivity index (χ1n) is 5.90. The minimum atomic E-state index is -0.0429. The Kier molecular flexibility index (Phi) is 6.56. The molecule has 18 heavy (non-hydrogen) atoms. The maximum atomic E-state index is 11.4. The third-order valence-corrected chi connectivity index (χ3v) is 3.92. The Hall–Kier alpha value is -0.690. The molecule has 1 fully saturated rings. The van der Waals surface area contributed by atoms with Gasteiger partial charge in [-0.25, -0.2) is 4.98 Å². The maximum Gasteiger partial charge on any atom is 0.240 e. The van der Waals surface area contributed by atoms with Gasteiger partial charge in [-0.3, -0.25) is 4.79 Å². The lowest BCUT2D eigenvalue weighted by Gasteiger charge is -2.20. The molecule has 7 heteroatoms. The highest BCUT2D eigenvalue weighted by molar-refractivity contribution is 7.15. The van der Waals surface area contributed by atoms with Gasteiger partial charge in [0.25, 0.3) is 0 Å². The normalized spacial score (nSPS) is 16.1. The van der Waals surface area contributed by atoms with Crippen LogP contribution in [0, 0.1) is 0 Å². The SMILES string of the molecule is CNCC(=O)Nc1ncc(C2CCNCC2)s1.Cl. The molecule has 1 aromatic rings. The second-order valence-electron chi connectivity index (χ2n) is 4.17. The van der Waals surface area contributed by atoms with Crippen molar-refractivity contribution in [1.29, 1.82) is 0 Å². The summed E-state index contributed by atoms with van der Waals surface area (Å²) in [5.41, 5.74) is 0. The summed E-state index contributed by atoms with van der Waals surface area (Å²) in [7, 11) is 1.75. The lowest BCUT2D eigenvalue weighted by Crippen LogP contribution is -2.26. The summed E-state index contributed by atoms with van der Waals surface area (Å²) in [6.07, 6.45) is 4.22. The van der Waals surface area contributed by atoms with Gasteiger partial charge in [-0.15, -0.1) is 23.7 Å². The molecular formula is C11H19ClN4OS. The van der Waals surface area contributed by atoms with Gasteiger partial charge in [0, 0.05) is 11.1 Å². The van der Waals surface area contributed by atoms with E-state index in [1.54, 1.807) is 18.4 Å². The van der Waals surface area contributed by atoms with E-state index in [4.69, 9.17) is 0 Å². The van der Waals surface area contributed by atoms with Gasteiger partial charge in [0.1, 0.15) is 0 Å². The number of thiazole rings is 1. The quantitative estimate of drug-likeness (QED) is 0.779. The van der Waals surface area contributed by atoms with Crippen LogP contribution in [0.25, 0.3) is 0 Å². The molecule has 1 aliphatic rings. The van der Waals surface area contributed by atoms with Crippen LogP contribution < -0.4 is 16.0 Å². The number of hydrogen-bond acceptors (Lipinski definition) is 5. The van der Waals surface area contributed by atoms with Crippen molar-refractivity contribution in [3.8, 4) is 0 Å². The van der Waals surface area contributed by atoms with E-state index in [0.717, 1.165) is 25.9 Å². The number of carbonyl (C=O) groups excluding carboxylic acids is 1. The number of likely N-dealkylation sites (N-methyl/N-ethyl adjacent to an activating group) is 1. The highest BCUT2D eigenvalue weighted by Crippen LogP contribution is 2.31. The Morgan fingerprint density at radius 3 is 2.94 bits per heavy atom. The molecule has 0 spiro atoms. The second-order valence-corrected chi connectivity index (χ2v) is 5.23. The molecule has 2 heterocycles. The van der Waals surface area contributed by atoms with Gasteiger partial charge in [-0.1, -0.05) is 0 Å². The molecule has 5 nitrogen and oxygen atoms in total. The van der Waals surface area contributed by atoms with Gasteiger partial charge in [0.2, 0.25) is 5.91 Å². The van der Waals surface area contributed by atoms with Crippen LogP contribution >= 0.6 is 23.7 Å². The van der Waals surface area contributed by atoms with Crippen LogP contribution in [-0.2, 0) is 4.79 Å². The van der Waals surface area contributed by atoms with Crippen molar-refractivity contribution in [1.82, 2.24) is 15.6 Å². The summed E-state index contributed by atoms with van der Waals surface area (Å²) in [5, 5.41) is 9.66. The van der Waals surface area contributed by atoms with Crippen LogP contribution in [0.15, 0.2) is 6.20 Å². The van der Waals surface area contributed by atoms with Crippen LogP contribution in [-0.4, -0.2) is 37.6 Å². The number of amides is 1. The maximum absolute atomic E-state index is 11.4. The topological polar surface area (TPSA) is 66.0 Å². The zero-order valence-electron chi connectivity index (χ0n) is 10.4.